The van der Waals surface area contributed by atoms with Gasteiger partial charge in [-0.05, 0) is 38.0 Å². The van der Waals surface area contributed by atoms with Crippen LogP contribution in [0.25, 0.3) is 22.4 Å². The second-order valence-electron chi connectivity index (χ2n) is 6.26. The lowest BCUT2D eigenvalue weighted by Crippen LogP contribution is -2.20. The third kappa shape index (κ3) is 2.75. The molecular weight excluding hydrogens is 304 g/mol. The average Bonchev–Trinajstić information content (AvgIpc) is 3.34. The van der Waals surface area contributed by atoms with Gasteiger partial charge in [-0.25, -0.2) is 0 Å². The quantitative estimate of drug-likeness (QED) is 0.799. The van der Waals surface area contributed by atoms with Gasteiger partial charge in [-0.15, -0.1) is 0 Å². The Morgan fingerprint density at radius 1 is 1.29 bits per heavy atom. The molecule has 122 valence electrons. The number of hydrogen-bond acceptors (Lipinski definition) is 5. The summed E-state index contributed by atoms with van der Waals surface area (Å²) in [6.45, 7) is 2.04. The molecule has 1 saturated carbocycles. The van der Waals surface area contributed by atoms with Crippen molar-refractivity contribution < 1.29 is 9.32 Å². The molecule has 0 aliphatic heterocycles. The Bertz CT molecular complexity index is 928. The number of likely N-dealkylation sites (N-methyl/N-ethyl adjacent to an activating group) is 1. The lowest BCUT2D eigenvalue weighted by atomic mass is 10.0. The molecule has 2 heterocycles. The van der Waals surface area contributed by atoms with E-state index in [4.69, 9.17) is 9.51 Å². The number of benzene rings is 1. The number of fused-ring (bicyclic) bond motifs is 1. The molecular formula is C18H18N4O2. The minimum Gasteiger partial charge on any atom is -0.359 e. The summed E-state index contributed by atoms with van der Waals surface area (Å²) in [4.78, 5) is 20.7. The molecule has 1 amide bonds. The monoisotopic (exact) mass is 322 g/mol. The molecule has 4 rings (SSSR count). The van der Waals surface area contributed by atoms with E-state index in [9.17, 15) is 4.79 Å². The predicted octanol–water partition coefficient (Wildman–Crippen LogP) is 2.76. The van der Waals surface area contributed by atoms with Crippen molar-refractivity contribution in [3.05, 3.63) is 41.3 Å². The number of nitrogens with one attached hydrogen (secondary N) is 1. The molecule has 3 aromatic rings. The molecule has 0 saturated heterocycles. The van der Waals surface area contributed by atoms with Gasteiger partial charge in [-0.3, -0.25) is 9.78 Å². The Labute approximate surface area is 139 Å². The van der Waals surface area contributed by atoms with Gasteiger partial charge in [0.1, 0.15) is 0 Å². The predicted molar refractivity (Wildman–Crippen MR) is 89.5 cm³/mol. The van der Waals surface area contributed by atoms with Gasteiger partial charge in [0.2, 0.25) is 5.91 Å². The van der Waals surface area contributed by atoms with Crippen LogP contribution in [0.2, 0.25) is 0 Å². The second kappa shape index (κ2) is 5.70. The molecule has 24 heavy (non-hydrogen) atoms. The Hall–Kier alpha value is -2.76. The number of rotatable bonds is 4. The molecule has 0 spiro atoms. The first kappa shape index (κ1) is 14.8. The normalized spacial score (nSPS) is 14.1. The Kier molecular flexibility index (Phi) is 3.52. The first-order chi connectivity index (χ1) is 11.6. The molecule has 0 unspecified atom stereocenters. The highest BCUT2D eigenvalue weighted by molar-refractivity contribution is 5.93. The number of carbonyl (C=O) groups excluding carboxylic acids is 1. The fourth-order valence-corrected chi connectivity index (χ4v) is 2.79. The number of aromatic nitrogens is 3. The molecule has 0 radical (unpaired) electrons. The van der Waals surface area contributed by atoms with E-state index in [1.165, 1.54) is 12.8 Å². The Morgan fingerprint density at radius 2 is 2.12 bits per heavy atom. The van der Waals surface area contributed by atoms with Gasteiger partial charge in [0.05, 0.1) is 17.5 Å². The van der Waals surface area contributed by atoms with Crippen molar-refractivity contribution in [2.45, 2.75) is 32.1 Å². The molecule has 6 nitrogen and oxygen atoms in total. The molecule has 1 N–H and O–H groups in total. The van der Waals surface area contributed by atoms with Crippen molar-refractivity contribution in [1.29, 1.82) is 0 Å². The molecule has 0 atom stereocenters. The van der Waals surface area contributed by atoms with Crippen LogP contribution in [-0.4, -0.2) is 28.1 Å². The van der Waals surface area contributed by atoms with Crippen molar-refractivity contribution in [3.8, 4) is 11.5 Å². The van der Waals surface area contributed by atoms with Crippen LogP contribution >= 0.6 is 0 Å². The topological polar surface area (TPSA) is 80.9 Å². The summed E-state index contributed by atoms with van der Waals surface area (Å²) < 4.78 is 5.43. The van der Waals surface area contributed by atoms with E-state index >= 15 is 0 Å². The highest BCUT2D eigenvalue weighted by Crippen LogP contribution is 2.41. The summed E-state index contributed by atoms with van der Waals surface area (Å²) in [5.74, 6) is 1.21. The minimum atomic E-state index is -0.142. The summed E-state index contributed by atoms with van der Waals surface area (Å²) in [6, 6.07) is 8.22. The standard InChI is InChI=1S/C18H18N4O2/c1-10-3-6-14-12(7-10)13(8-15(20-14)11-4-5-11)18-21-16(22-24-18)9-17(23)19-2/h3,6-8,11H,4-5,9H2,1-2H3,(H,19,23). The Morgan fingerprint density at radius 3 is 2.88 bits per heavy atom. The largest absolute Gasteiger partial charge is 0.359 e. The molecule has 2 aromatic heterocycles. The number of pyridine rings is 1. The van der Waals surface area contributed by atoms with Crippen molar-refractivity contribution in [2.24, 2.45) is 0 Å². The summed E-state index contributed by atoms with van der Waals surface area (Å²) in [5, 5.41) is 7.49. The number of hydrogen-bond donors (Lipinski definition) is 1. The van der Waals surface area contributed by atoms with Gasteiger partial charge in [-0.1, -0.05) is 16.8 Å². The zero-order valence-corrected chi connectivity index (χ0v) is 13.7. The van der Waals surface area contributed by atoms with Crippen LogP contribution in [0.15, 0.2) is 28.8 Å². The first-order valence-corrected chi connectivity index (χ1v) is 8.09. The number of nitrogens with zero attached hydrogens (tertiary/aromatic N) is 3. The van der Waals surface area contributed by atoms with Crippen LogP contribution in [0.4, 0.5) is 0 Å². The summed E-state index contributed by atoms with van der Waals surface area (Å²) >= 11 is 0. The summed E-state index contributed by atoms with van der Waals surface area (Å²) in [7, 11) is 1.59. The van der Waals surface area contributed by atoms with Gasteiger partial charge in [-0.2, -0.15) is 4.98 Å². The number of aryl methyl sites for hydroxylation is 1. The molecule has 1 aromatic carbocycles. The smallest absolute Gasteiger partial charge is 0.258 e. The molecule has 0 bridgehead atoms. The lowest BCUT2D eigenvalue weighted by molar-refractivity contribution is -0.120. The zero-order chi connectivity index (χ0) is 16.7. The highest BCUT2D eigenvalue weighted by Gasteiger charge is 2.27. The zero-order valence-electron chi connectivity index (χ0n) is 13.7. The van der Waals surface area contributed by atoms with Crippen LogP contribution in [0.1, 0.15) is 35.8 Å². The van der Waals surface area contributed by atoms with E-state index in [0.717, 1.165) is 27.7 Å². The molecule has 1 aliphatic carbocycles. The number of amides is 1. The number of carbonyl (C=O) groups is 1. The van der Waals surface area contributed by atoms with E-state index < -0.39 is 0 Å². The van der Waals surface area contributed by atoms with E-state index in [0.29, 0.717) is 17.6 Å². The van der Waals surface area contributed by atoms with Crippen LogP contribution in [0, 0.1) is 6.92 Å². The average molecular weight is 322 g/mol. The SMILES string of the molecule is CNC(=O)Cc1noc(-c2cc(C3CC3)nc3ccc(C)cc23)n1. The van der Waals surface area contributed by atoms with E-state index in [-0.39, 0.29) is 12.3 Å². The summed E-state index contributed by atoms with van der Waals surface area (Å²) in [5.41, 5.74) is 4.05. The van der Waals surface area contributed by atoms with Crippen molar-refractivity contribution >= 4 is 16.8 Å². The van der Waals surface area contributed by atoms with Gasteiger partial charge < -0.3 is 9.84 Å². The molecule has 6 heteroatoms. The molecule has 1 fully saturated rings. The van der Waals surface area contributed by atoms with Crippen LogP contribution in [-0.2, 0) is 11.2 Å². The minimum absolute atomic E-state index is 0.109. The van der Waals surface area contributed by atoms with Gasteiger partial charge in [0.15, 0.2) is 5.82 Å². The fraction of sp³-hybridized carbons (Fsp3) is 0.333. The maximum absolute atomic E-state index is 11.5. The second-order valence-corrected chi connectivity index (χ2v) is 6.26. The van der Waals surface area contributed by atoms with Crippen LogP contribution in [0.3, 0.4) is 0 Å². The maximum atomic E-state index is 11.5. The summed E-state index contributed by atoms with van der Waals surface area (Å²) in [6.07, 6.45) is 2.46. The lowest BCUT2D eigenvalue weighted by Gasteiger charge is -2.07. The fourth-order valence-electron chi connectivity index (χ4n) is 2.79. The van der Waals surface area contributed by atoms with Gasteiger partial charge in [0, 0.05) is 24.0 Å². The molecule has 1 aliphatic rings. The highest BCUT2D eigenvalue weighted by atomic mass is 16.5. The third-order valence-corrected chi connectivity index (χ3v) is 4.28. The third-order valence-electron chi connectivity index (χ3n) is 4.28. The van der Waals surface area contributed by atoms with Gasteiger partial charge in [0.25, 0.3) is 5.89 Å². The van der Waals surface area contributed by atoms with Gasteiger partial charge >= 0.3 is 0 Å². The van der Waals surface area contributed by atoms with Crippen molar-refractivity contribution in [1.82, 2.24) is 20.4 Å². The van der Waals surface area contributed by atoms with E-state index in [1.807, 2.05) is 13.0 Å². The van der Waals surface area contributed by atoms with Crippen molar-refractivity contribution in [3.63, 3.8) is 0 Å². The van der Waals surface area contributed by atoms with E-state index in [1.54, 1.807) is 7.05 Å². The van der Waals surface area contributed by atoms with Crippen molar-refractivity contribution in [2.75, 3.05) is 7.05 Å². The van der Waals surface area contributed by atoms with Crippen LogP contribution in [0.5, 0.6) is 0 Å². The first-order valence-electron chi connectivity index (χ1n) is 8.09. The Balaban J connectivity index is 1.82. The maximum Gasteiger partial charge on any atom is 0.258 e. The van der Waals surface area contributed by atoms with Crippen LogP contribution < -0.4 is 5.32 Å². The van der Waals surface area contributed by atoms with E-state index in [2.05, 4.69) is 33.7 Å².